The van der Waals surface area contributed by atoms with Crippen molar-refractivity contribution in [1.82, 2.24) is 19.7 Å². The molecule has 0 saturated heterocycles. The molecule has 2 aromatic rings. The van der Waals surface area contributed by atoms with Gasteiger partial charge in [-0.05, 0) is 36.7 Å². The van der Waals surface area contributed by atoms with Gasteiger partial charge >= 0.3 is 0 Å². The van der Waals surface area contributed by atoms with E-state index in [1.807, 2.05) is 25.5 Å². The van der Waals surface area contributed by atoms with Crippen LogP contribution in [0.5, 0.6) is 0 Å². The second-order valence-corrected chi connectivity index (χ2v) is 7.08. The number of halogens is 2. The van der Waals surface area contributed by atoms with E-state index in [2.05, 4.69) is 51.8 Å². The predicted molar refractivity (Wildman–Crippen MR) is 84.8 cm³/mol. The average molecular weight is 358 g/mol. The van der Waals surface area contributed by atoms with Crippen molar-refractivity contribution in [3.8, 4) is 5.82 Å². The lowest BCUT2D eigenvalue weighted by Crippen LogP contribution is -2.19. The summed E-state index contributed by atoms with van der Waals surface area (Å²) < 4.78 is 2.81. The first-order valence-corrected chi connectivity index (χ1v) is 7.56. The van der Waals surface area contributed by atoms with Crippen LogP contribution < -0.4 is 0 Å². The van der Waals surface area contributed by atoms with E-state index in [0.29, 0.717) is 11.0 Å². The molecule has 0 saturated carbocycles. The molecule has 0 bridgehead atoms. The van der Waals surface area contributed by atoms with Gasteiger partial charge < -0.3 is 0 Å². The highest BCUT2D eigenvalue weighted by atomic mass is 79.9. The van der Waals surface area contributed by atoms with Crippen molar-refractivity contribution in [3.63, 3.8) is 0 Å². The molecule has 0 unspecified atom stereocenters. The first-order valence-electron chi connectivity index (χ1n) is 6.39. The van der Waals surface area contributed by atoms with Gasteiger partial charge in [0, 0.05) is 11.0 Å². The lowest BCUT2D eigenvalue weighted by atomic mass is 9.95. The summed E-state index contributed by atoms with van der Waals surface area (Å²) in [6, 6.07) is 0. The van der Waals surface area contributed by atoms with Gasteiger partial charge in [-0.3, -0.25) is 0 Å². The number of hydrogen-bond donors (Lipinski definition) is 0. The summed E-state index contributed by atoms with van der Waals surface area (Å²) in [5.74, 6) is 1.45. The van der Waals surface area contributed by atoms with E-state index in [9.17, 15) is 0 Å². The molecule has 0 aliphatic carbocycles. The molecule has 0 amide bonds. The van der Waals surface area contributed by atoms with Crippen LogP contribution in [0.2, 0.25) is 5.15 Å². The molecule has 0 spiro atoms. The standard InChI is InChI=1S/C14H18BrClN4/c1-7-11(16)17-13(14(4,5)6)18-12(7)20-9(3)10(15)8(2)19-20/h1-6H3. The van der Waals surface area contributed by atoms with E-state index in [1.165, 1.54) is 0 Å². The molecule has 6 heteroatoms. The van der Waals surface area contributed by atoms with Gasteiger partial charge in [0.05, 0.1) is 15.9 Å². The molecule has 0 aliphatic heterocycles. The molecular weight excluding hydrogens is 340 g/mol. The van der Waals surface area contributed by atoms with Crippen LogP contribution in [0, 0.1) is 20.8 Å². The lowest BCUT2D eigenvalue weighted by Gasteiger charge is -2.19. The van der Waals surface area contributed by atoms with E-state index in [-0.39, 0.29) is 5.41 Å². The Kier molecular flexibility index (Phi) is 3.95. The van der Waals surface area contributed by atoms with Crippen LogP contribution in [0.3, 0.4) is 0 Å². The maximum absolute atomic E-state index is 6.27. The summed E-state index contributed by atoms with van der Waals surface area (Å²) in [6.07, 6.45) is 0. The molecule has 2 rings (SSSR count). The Bertz CT molecular complexity index is 671. The third-order valence-electron chi connectivity index (χ3n) is 3.14. The zero-order chi connectivity index (χ0) is 15.2. The maximum Gasteiger partial charge on any atom is 0.161 e. The van der Waals surface area contributed by atoms with E-state index < -0.39 is 0 Å². The van der Waals surface area contributed by atoms with Crippen LogP contribution in [0.25, 0.3) is 5.82 Å². The van der Waals surface area contributed by atoms with Crippen LogP contribution in [0.1, 0.15) is 43.5 Å². The summed E-state index contributed by atoms with van der Waals surface area (Å²) in [7, 11) is 0. The van der Waals surface area contributed by atoms with Gasteiger partial charge in [0.2, 0.25) is 0 Å². The monoisotopic (exact) mass is 356 g/mol. The zero-order valence-electron chi connectivity index (χ0n) is 12.5. The van der Waals surface area contributed by atoms with Crippen LogP contribution in [-0.4, -0.2) is 19.7 Å². The molecule has 2 aromatic heterocycles. The van der Waals surface area contributed by atoms with Gasteiger partial charge in [-0.25, -0.2) is 14.6 Å². The van der Waals surface area contributed by atoms with Crippen molar-refractivity contribution in [2.24, 2.45) is 0 Å². The first kappa shape index (κ1) is 15.4. The summed E-state index contributed by atoms with van der Waals surface area (Å²) in [5, 5.41) is 5.00. The molecule has 0 aliphatic rings. The maximum atomic E-state index is 6.27. The molecule has 20 heavy (non-hydrogen) atoms. The highest BCUT2D eigenvalue weighted by Gasteiger charge is 2.22. The molecule has 0 fully saturated rings. The molecule has 108 valence electrons. The van der Waals surface area contributed by atoms with E-state index in [0.717, 1.165) is 27.2 Å². The Morgan fingerprint density at radius 3 is 2.15 bits per heavy atom. The van der Waals surface area contributed by atoms with Crippen LogP contribution >= 0.6 is 27.5 Å². The number of hydrogen-bond acceptors (Lipinski definition) is 3. The van der Waals surface area contributed by atoms with Crippen LogP contribution in [0.15, 0.2) is 4.47 Å². The second-order valence-electron chi connectivity index (χ2n) is 5.93. The smallest absolute Gasteiger partial charge is 0.161 e. The van der Waals surface area contributed by atoms with Crippen molar-refractivity contribution in [3.05, 3.63) is 32.4 Å². The summed E-state index contributed by atoms with van der Waals surface area (Å²) in [6.45, 7) is 12.1. The quantitative estimate of drug-likeness (QED) is 0.715. The topological polar surface area (TPSA) is 43.6 Å². The minimum Gasteiger partial charge on any atom is -0.220 e. The van der Waals surface area contributed by atoms with Crippen molar-refractivity contribution in [1.29, 1.82) is 0 Å². The number of rotatable bonds is 1. The van der Waals surface area contributed by atoms with Crippen molar-refractivity contribution in [2.75, 3.05) is 0 Å². The molecule has 4 nitrogen and oxygen atoms in total. The van der Waals surface area contributed by atoms with Gasteiger partial charge in [-0.15, -0.1) is 0 Å². The average Bonchev–Trinajstić information content (AvgIpc) is 2.59. The number of aryl methyl sites for hydroxylation is 1. The Labute approximate surface area is 132 Å². The van der Waals surface area contributed by atoms with E-state index >= 15 is 0 Å². The fourth-order valence-corrected chi connectivity index (χ4v) is 2.26. The molecule has 0 radical (unpaired) electrons. The minimum atomic E-state index is -0.167. The Hall–Kier alpha value is -0.940. The van der Waals surface area contributed by atoms with Crippen molar-refractivity contribution < 1.29 is 0 Å². The van der Waals surface area contributed by atoms with Crippen LogP contribution in [-0.2, 0) is 5.41 Å². The van der Waals surface area contributed by atoms with Gasteiger partial charge in [0.15, 0.2) is 5.82 Å². The van der Waals surface area contributed by atoms with Crippen LogP contribution in [0.4, 0.5) is 0 Å². The summed E-state index contributed by atoms with van der Waals surface area (Å²) in [5.41, 5.74) is 2.59. The normalized spacial score (nSPS) is 12.0. The largest absolute Gasteiger partial charge is 0.220 e. The van der Waals surface area contributed by atoms with Crippen molar-refractivity contribution in [2.45, 2.75) is 47.0 Å². The molecule has 0 aromatic carbocycles. The fraction of sp³-hybridized carbons (Fsp3) is 0.500. The zero-order valence-corrected chi connectivity index (χ0v) is 14.9. The Morgan fingerprint density at radius 2 is 1.70 bits per heavy atom. The lowest BCUT2D eigenvalue weighted by molar-refractivity contribution is 0.540. The van der Waals surface area contributed by atoms with Gasteiger partial charge in [0.25, 0.3) is 0 Å². The number of nitrogens with zero attached hydrogens (tertiary/aromatic N) is 4. The predicted octanol–water partition coefficient (Wildman–Crippen LogP) is 4.30. The molecule has 0 N–H and O–H groups in total. The molecule has 0 atom stereocenters. The minimum absolute atomic E-state index is 0.167. The van der Waals surface area contributed by atoms with Crippen molar-refractivity contribution >= 4 is 27.5 Å². The summed E-state index contributed by atoms with van der Waals surface area (Å²) >= 11 is 9.81. The SMILES string of the molecule is Cc1nn(-c2nc(C(C)(C)C)nc(Cl)c2C)c(C)c1Br. The molecule has 2 heterocycles. The highest BCUT2D eigenvalue weighted by molar-refractivity contribution is 9.10. The highest BCUT2D eigenvalue weighted by Crippen LogP contribution is 2.28. The van der Waals surface area contributed by atoms with E-state index in [1.54, 1.807) is 0 Å². The first-order chi connectivity index (χ1) is 9.12. The van der Waals surface area contributed by atoms with Gasteiger partial charge in [-0.1, -0.05) is 32.4 Å². The Balaban J connectivity index is 2.73. The Morgan fingerprint density at radius 1 is 1.10 bits per heavy atom. The van der Waals surface area contributed by atoms with Gasteiger partial charge in [-0.2, -0.15) is 5.10 Å². The molecular formula is C14H18BrClN4. The van der Waals surface area contributed by atoms with Gasteiger partial charge in [0.1, 0.15) is 11.0 Å². The number of aromatic nitrogens is 4. The summed E-state index contributed by atoms with van der Waals surface area (Å²) in [4.78, 5) is 9.06. The second kappa shape index (κ2) is 5.11. The third kappa shape index (κ3) is 2.61. The van der Waals surface area contributed by atoms with E-state index in [4.69, 9.17) is 11.6 Å². The third-order valence-corrected chi connectivity index (χ3v) is 4.65. The fourth-order valence-electron chi connectivity index (χ4n) is 1.85.